The molecule has 0 spiro atoms. The highest BCUT2D eigenvalue weighted by Gasteiger charge is 2.13. The Morgan fingerprint density at radius 3 is 2.65 bits per heavy atom. The molecule has 0 fully saturated rings. The highest BCUT2D eigenvalue weighted by atomic mass is 79.9. The average Bonchev–Trinajstić information content (AvgIpc) is 2.39. The van der Waals surface area contributed by atoms with Crippen molar-refractivity contribution in [3.05, 3.63) is 61.8 Å². The van der Waals surface area contributed by atoms with Crippen molar-refractivity contribution in [1.29, 1.82) is 0 Å². The van der Waals surface area contributed by atoms with E-state index in [1.165, 1.54) is 36.5 Å². The fourth-order valence-corrected chi connectivity index (χ4v) is 2.08. The monoisotopic (exact) mass is 355 g/mol. The largest absolute Gasteiger partial charge is 0.322 e. The molecule has 1 N–H and O–H groups in total. The van der Waals surface area contributed by atoms with Crippen LogP contribution in [0.15, 0.2) is 41.0 Å². The van der Waals surface area contributed by atoms with Crippen molar-refractivity contribution < 1.29 is 9.72 Å². The minimum absolute atomic E-state index is 0.0730. The molecule has 102 valence electrons. The van der Waals surface area contributed by atoms with Crippen molar-refractivity contribution in [2.75, 3.05) is 5.32 Å². The van der Waals surface area contributed by atoms with Gasteiger partial charge < -0.3 is 5.32 Å². The first-order valence-corrected chi connectivity index (χ1v) is 6.51. The molecule has 20 heavy (non-hydrogen) atoms. The Kier molecular flexibility index (Phi) is 4.31. The Morgan fingerprint density at radius 2 is 2.10 bits per heavy atom. The number of aromatic nitrogens is 1. The standard InChI is InChI=1S/C12H7BrClN3O3/c13-9-5-8(2-3-10(9)17(19)20)16-12(18)7-1-4-11(14)15-6-7/h1-6H,(H,16,18). The lowest BCUT2D eigenvalue weighted by Crippen LogP contribution is -2.12. The second-order valence-corrected chi connectivity index (χ2v) is 4.99. The predicted molar refractivity (Wildman–Crippen MR) is 78.0 cm³/mol. The first kappa shape index (κ1) is 14.4. The van der Waals surface area contributed by atoms with E-state index in [4.69, 9.17) is 11.6 Å². The van der Waals surface area contributed by atoms with Gasteiger partial charge in [-0.1, -0.05) is 11.6 Å². The van der Waals surface area contributed by atoms with Gasteiger partial charge in [0.25, 0.3) is 11.6 Å². The van der Waals surface area contributed by atoms with Crippen LogP contribution in [-0.2, 0) is 0 Å². The topological polar surface area (TPSA) is 85.1 Å². The quantitative estimate of drug-likeness (QED) is 0.516. The summed E-state index contributed by atoms with van der Waals surface area (Å²) in [6.07, 6.45) is 1.35. The van der Waals surface area contributed by atoms with Gasteiger partial charge in [-0.25, -0.2) is 4.98 Å². The predicted octanol–water partition coefficient (Wildman–Crippen LogP) is 3.66. The summed E-state index contributed by atoms with van der Waals surface area (Å²) in [5, 5.41) is 13.6. The van der Waals surface area contributed by atoms with E-state index in [1.807, 2.05) is 0 Å². The molecule has 0 unspecified atom stereocenters. The van der Waals surface area contributed by atoms with E-state index in [9.17, 15) is 14.9 Å². The van der Waals surface area contributed by atoms with Gasteiger partial charge in [0.2, 0.25) is 0 Å². The Labute approximate surface area is 127 Å². The molecule has 0 saturated carbocycles. The van der Waals surface area contributed by atoms with Crippen molar-refractivity contribution in [3.8, 4) is 0 Å². The highest BCUT2D eigenvalue weighted by Crippen LogP contribution is 2.27. The summed E-state index contributed by atoms with van der Waals surface area (Å²) in [6, 6.07) is 7.25. The molecule has 1 amide bonds. The fraction of sp³-hybridized carbons (Fsp3) is 0. The number of carbonyl (C=O) groups is 1. The van der Waals surface area contributed by atoms with Crippen molar-refractivity contribution >= 4 is 44.8 Å². The van der Waals surface area contributed by atoms with E-state index < -0.39 is 4.92 Å². The smallest absolute Gasteiger partial charge is 0.283 e. The Hall–Kier alpha value is -1.99. The Balaban J connectivity index is 2.18. The van der Waals surface area contributed by atoms with Crippen molar-refractivity contribution in [2.24, 2.45) is 0 Å². The molecule has 0 aliphatic rings. The second kappa shape index (κ2) is 5.98. The van der Waals surface area contributed by atoms with Gasteiger partial charge in [0.05, 0.1) is 15.0 Å². The number of pyridine rings is 1. The van der Waals surface area contributed by atoms with Crippen molar-refractivity contribution in [2.45, 2.75) is 0 Å². The third kappa shape index (κ3) is 3.31. The van der Waals surface area contributed by atoms with Crippen LogP contribution in [0.2, 0.25) is 5.15 Å². The van der Waals surface area contributed by atoms with Gasteiger partial charge in [0.15, 0.2) is 0 Å². The van der Waals surface area contributed by atoms with Crippen LogP contribution < -0.4 is 5.32 Å². The zero-order valence-electron chi connectivity index (χ0n) is 9.84. The molecule has 2 rings (SSSR count). The minimum Gasteiger partial charge on any atom is -0.322 e. The number of nitro benzene ring substituents is 1. The number of carbonyl (C=O) groups excluding carboxylic acids is 1. The van der Waals surface area contributed by atoms with Gasteiger partial charge in [0, 0.05) is 18.0 Å². The molecule has 1 heterocycles. The van der Waals surface area contributed by atoms with Crippen LogP contribution in [0.5, 0.6) is 0 Å². The zero-order valence-corrected chi connectivity index (χ0v) is 12.2. The van der Waals surface area contributed by atoms with Gasteiger partial charge >= 0.3 is 0 Å². The summed E-state index contributed by atoms with van der Waals surface area (Å²) in [5.41, 5.74) is 0.697. The molecule has 2 aromatic rings. The lowest BCUT2D eigenvalue weighted by atomic mass is 10.2. The highest BCUT2D eigenvalue weighted by molar-refractivity contribution is 9.10. The maximum atomic E-state index is 11.9. The van der Waals surface area contributed by atoms with E-state index in [1.54, 1.807) is 0 Å². The maximum Gasteiger partial charge on any atom is 0.283 e. The number of nitro groups is 1. The molecule has 0 aliphatic heterocycles. The van der Waals surface area contributed by atoms with Gasteiger partial charge in [0.1, 0.15) is 5.15 Å². The number of benzene rings is 1. The molecule has 1 aromatic carbocycles. The van der Waals surface area contributed by atoms with Crippen LogP contribution in [-0.4, -0.2) is 15.8 Å². The summed E-state index contributed by atoms with van der Waals surface area (Å²) < 4.78 is 0.287. The number of amides is 1. The van der Waals surface area contributed by atoms with Gasteiger partial charge in [-0.05, 0) is 40.2 Å². The molecule has 0 bridgehead atoms. The van der Waals surface area contributed by atoms with E-state index >= 15 is 0 Å². The number of hydrogen-bond acceptors (Lipinski definition) is 4. The van der Waals surface area contributed by atoms with Crippen LogP contribution in [0.3, 0.4) is 0 Å². The molecular weight excluding hydrogens is 350 g/mol. The van der Waals surface area contributed by atoms with Gasteiger partial charge in [-0.2, -0.15) is 0 Å². The number of halogens is 2. The third-order valence-corrected chi connectivity index (χ3v) is 3.25. The first-order valence-electron chi connectivity index (χ1n) is 5.34. The normalized spacial score (nSPS) is 10.1. The van der Waals surface area contributed by atoms with Crippen LogP contribution in [0.4, 0.5) is 11.4 Å². The van der Waals surface area contributed by atoms with E-state index in [0.29, 0.717) is 16.4 Å². The van der Waals surface area contributed by atoms with Crippen LogP contribution in [0.1, 0.15) is 10.4 Å². The summed E-state index contributed by atoms with van der Waals surface area (Å²) in [7, 11) is 0. The first-order chi connectivity index (χ1) is 9.47. The van der Waals surface area contributed by atoms with E-state index in [0.717, 1.165) is 0 Å². The molecule has 0 saturated heterocycles. The van der Waals surface area contributed by atoms with Crippen LogP contribution in [0, 0.1) is 10.1 Å². The lowest BCUT2D eigenvalue weighted by Gasteiger charge is -2.05. The van der Waals surface area contributed by atoms with Gasteiger partial charge in [-0.3, -0.25) is 14.9 Å². The molecule has 0 aliphatic carbocycles. The van der Waals surface area contributed by atoms with Gasteiger partial charge in [-0.15, -0.1) is 0 Å². The fourth-order valence-electron chi connectivity index (χ4n) is 1.45. The summed E-state index contributed by atoms with van der Waals surface area (Å²) in [6.45, 7) is 0. The number of rotatable bonds is 3. The summed E-state index contributed by atoms with van der Waals surface area (Å²) in [5.74, 6) is -0.380. The second-order valence-electron chi connectivity index (χ2n) is 3.75. The van der Waals surface area contributed by atoms with E-state index in [2.05, 4.69) is 26.2 Å². The average molecular weight is 357 g/mol. The molecule has 0 atom stereocenters. The molecule has 0 radical (unpaired) electrons. The van der Waals surface area contributed by atoms with E-state index in [-0.39, 0.29) is 16.1 Å². The number of nitrogens with one attached hydrogen (secondary N) is 1. The minimum atomic E-state index is -0.515. The number of hydrogen-bond donors (Lipinski definition) is 1. The maximum absolute atomic E-state index is 11.9. The summed E-state index contributed by atoms with van der Waals surface area (Å²) >= 11 is 8.71. The SMILES string of the molecule is O=C(Nc1ccc([N+](=O)[O-])c(Br)c1)c1ccc(Cl)nc1. The zero-order chi connectivity index (χ0) is 14.7. The number of nitrogens with zero attached hydrogens (tertiary/aromatic N) is 2. The Bertz CT molecular complexity index is 676. The van der Waals surface area contributed by atoms with Crippen molar-refractivity contribution in [1.82, 2.24) is 4.98 Å². The molecule has 8 heteroatoms. The van der Waals surface area contributed by atoms with Crippen LogP contribution >= 0.6 is 27.5 Å². The molecule has 6 nitrogen and oxygen atoms in total. The molecule has 1 aromatic heterocycles. The third-order valence-electron chi connectivity index (χ3n) is 2.39. The summed E-state index contributed by atoms with van der Waals surface area (Å²) in [4.78, 5) is 25.9. The molecular formula is C12H7BrClN3O3. The lowest BCUT2D eigenvalue weighted by molar-refractivity contribution is -0.385. The van der Waals surface area contributed by atoms with Crippen molar-refractivity contribution in [3.63, 3.8) is 0 Å². The Morgan fingerprint density at radius 1 is 1.35 bits per heavy atom. The number of anilines is 1. The van der Waals surface area contributed by atoms with Crippen LogP contribution in [0.25, 0.3) is 0 Å².